The summed E-state index contributed by atoms with van der Waals surface area (Å²) in [5, 5.41) is 11.5. The molecule has 0 radical (unpaired) electrons. The fourth-order valence-corrected chi connectivity index (χ4v) is 10.7. The SMILES string of the molecule is c1ccc(N(c2cc3ccccc3c3ccccc23)c2ccc(-c3ccc(-n4c5ccccc5c5ccccc54)cc3)c3oc4ccccc4c23)c(-c2cccc3oc4ccccc4c23)c1. The lowest BCUT2D eigenvalue weighted by Gasteiger charge is -2.30. The van der Waals surface area contributed by atoms with Crippen molar-refractivity contribution in [3.05, 3.63) is 231 Å². The summed E-state index contributed by atoms with van der Waals surface area (Å²) >= 11 is 0. The Balaban J connectivity index is 1.04. The molecule has 0 amide bonds. The lowest BCUT2D eigenvalue weighted by molar-refractivity contribution is 0.669. The van der Waals surface area contributed by atoms with Crippen molar-refractivity contribution >= 4 is 104 Å². The van der Waals surface area contributed by atoms with Gasteiger partial charge < -0.3 is 18.3 Å². The number of hydrogen-bond acceptors (Lipinski definition) is 3. The van der Waals surface area contributed by atoms with Crippen LogP contribution in [0.1, 0.15) is 0 Å². The predicted octanol–water partition coefficient (Wildman–Crippen LogP) is 17.7. The molecule has 11 aromatic carbocycles. The summed E-state index contributed by atoms with van der Waals surface area (Å²) in [4.78, 5) is 2.48. The Hall–Kier alpha value is -8.86. The molecule has 3 heterocycles. The second kappa shape index (κ2) is 14.3. The standard InChI is InChI=1S/C62H38N2O2/c1-2-17-42-40(16-1)38-56(45-19-4-3-18-44(42)45)64(54-28-12-7-22-48(54)49-25-15-31-59-60(49)50-23-8-13-29-57(50)65-59)55-37-36-43(62-61(55)51-24-9-14-30-58(51)66-62)39-32-34-41(35-33-39)63-52-26-10-5-20-46(52)47-21-6-11-27-53(47)63/h1-38H. The highest BCUT2D eigenvalue weighted by Gasteiger charge is 2.27. The van der Waals surface area contributed by atoms with Crippen molar-refractivity contribution in [2.24, 2.45) is 0 Å². The maximum absolute atomic E-state index is 7.04. The lowest BCUT2D eigenvalue weighted by atomic mass is 9.94. The minimum Gasteiger partial charge on any atom is -0.456 e. The fraction of sp³-hybridized carbons (Fsp3) is 0. The van der Waals surface area contributed by atoms with Gasteiger partial charge in [-0.15, -0.1) is 0 Å². The van der Waals surface area contributed by atoms with Crippen molar-refractivity contribution in [1.82, 2.24) is 4.57 Å². The first-order chi connectivity index (χ1) is 32.8. The van der Waals surface area contributed by atoms with Crippen LogP contribution in [-0.2, 0) is 0 Å². The average molecular weight is 843 g/mol. The molecule has 3 aromatic heterocycles. The molecule has 4 nitrogen and oxygen atoms in total. The number of aromatic nitrogens is 1. The molecule has 14 aromatic rings. The smallest absolute Gasteiger partial charge is 0.145 e. The molecule has 0 aliphatic rings. The van der Waals surface area contributed by atoms with Gasteiger partial charge in [0.05, 0.1) is 33.5 Å². The second-order valence-corrected chi connectivity index (χ2v) is 17.1. The Morgan fingerprint density at radius 3 is 1.64 bits per heavy atom. The number of furan rings is 2. The van der Waals surface area contributed by atoms with E-state index in [1.54, 1.807) is 0 Å². The number of benzene rings is 11. The molecule has 0 N–H and O–H groups in total. The average Bonchev–Trinajstić information content (AvgIpc) is 4.07. The molecular formula is C62H38N2O2. The normalized spacial score (nSPS) is 11.9. The molecule has 0 atom stereocenters. The minimum absolute atomic E-state index is 0.841. The van der Waals surface area contributed by atoms with Gasteiger partial charge in [-0.05, 0) is 94.0 Å². The van der Waals surface area contributed by atoms with Gasteiger partial charge in [0.1, 0.15) is 22.3 Å². The van der Waals surface area contributed by atoms with E-state index < -0.39 is 0 Å². The summed E-state index contributed by atoms with van der Waals surface area (Å²) in [5.74, 6) is 0. The second-order valence-electron chi connectivity index (χ2n) is 17.1. The topological polar surface area (TPSA) is 34.5 Å². The molecule has 0 spiro atoms. The Bertz CT molecular complexity index is 4190. The van der Waals surface area contributed by atoms with Gasteiger partial charge in [-0.3, -0.25) is 0 Å². The van der Waals surface area contributed by atoms with Crippen LogP contribution in [0.2, 0.25) is 0 Å². The molecule has 0 bridgehead atoms. The van der Waals surface area contributed by atoms with Crippen LogP contribution < -0.4 is 4.90 Å². The fourth-order valence-electron chi connectivity index (χ4n) is 10.7. The van der Waals surface area contributed by atoms with E-state index in [0.29, 0.717) is 0 Å². The van der Waals surface area contributed by atoms with Crippen LogP contribution in [0.5, 0.6) is 0 Å². The lowest BCUT2D eigenvalue weighted by Crippen LogP contribution is -2.12. The number of fused-ring (bicyclic) bond motifs is 12. The molecule has 0 fully saturated rings. The van der Waals surface area contributed by atoms with Gasteiger partial charge >= 0.3 is 0 Å². The summed E-state index contributed by atoms with van der Waals surface area (Å²) in [6.07, 6.45) is 0. The maximum Gasteiger partial charge on any atom is 0.145 e. The third-order valence-electron chi connectivity index (χ3n) is 13.6. The van der Waals surface area contributed by atoms with Crippen LogP contribution in [0.25, 0.3) is 115 Å². The zero-order valence-electron chi connectivity index (χ0n) is 35.7. The summed E-state index contributed by atoms with van der Waals surface area (Å²) in [7, 11) is 0. The van der Waals surface area contributed by atoms with E-state index in [-0.39, 0.29) is 0 Å². The third kappa shape index (κ3) is 5.39. The number of para-hydroxylation sites is 5. The van der Waals surface area contributed by atoms with Crippen molar-refractivity contribution in [3.63, 3.8) is 0 Å². The zero-order chi connectivity index (χ0) is 43.3. The van der Waals surface area contributed by atoms with Crippen LogP contribution in [-0.4, -0.2) is 4.57 Å². The molecule has 308 valence electrons. The highest BCUT2D eigenvalue weighted by Crippen LogP contribution is 2.51. The first-order valence-corrected chi connectivity index (χ1v) is 22.5. The van der Waals surface area contributed by atoms with E-state index >= 15 is 0 Å². The van der Waals surface area contributed by atoms with Crippen molar-refractivity contribution in [3.8, 4) is 27.9 Å². The summed E-state index contributed by atoms with van der Waals surface area (Å²) in [6.45, 7) is 0. The molecular weight excluding hydrogens is 805 g/mol. The highest BCUT2D eigenvalue weighted by atomic mass is 16.3. The number of anilines is 3. The van der Waals surface area contributed by atoms with Gasteiger partial charge in [-0.2, -0.15) is 0 Å². The van der Waals surface area contributed by atoms with Crippen molar-refractivity contribution < 1.29 is 8.83 Å². The van der Waals surface area contributed by atoms with Crippen LogP contribution >= 0.6 is 0 Å². The molecule has 0 aliphatic heterocycles. The van der Waals surface area contributed by atoms with Crippen molar-refractivity contribution in [2.45, 2.75) is 0 Å². The van der Waals surface area contributed by atoms with Crippen molar-refractivity contribution in [1.29, 1.82) is 0 Å². The van der Waals surface area contributed by atoms with Gasteiger partial charge in [-0.1, -0.05) is 164 Å². The van der Waals surface area contributed by atoms with E-state index in [0.717, 1.165) is 94.3 Å². The molecule has 14 rings (SSSR count). The first-order valence-electron chi connectivity index (χ1n) is 22.5. The molecule has 66 heavy (non-hydrogen) atoms. The van der Waals surface area contributed by atoms with Gasteiger partial charge in [0.2, 0.25) is 0 Å². The van der Waals surface area contributed by atoms with Crippen LogP contribution in [0.3, 0.4) is 0 Å². The highest BCUT2D eigenvalue weighted by molar-refractivity contribution is 6.22. The summed E-state index contributed by atoms with van der Waals surface area (Å²) in [6, 6.07) is 82.7. The Morgan fingerprint density at radius 2 is 0.879 bits per heavy atom. The number of rotatable bonds is 6. The van der Waals surface area contributed by atoms with E-state index in [4.69, 9.17) is 8.83 Å². The summed E-state index contributed by atoms with van der Waals surface area (Å²) < 4.78 is 15.9. The van der Waals surface area contributed by atoms with Crippen LogP contribution in [0.15, 0.2) is 239 Å². The summed E-state index contributed by atoms with van der Waals surface area (Å²) in [5.41, 5.74) is 14.4. The predicted molar refractivity (Wildman–Crippen MR) is 276 cm³/mol. The van der Waals surface area contributed by atoms with E-state index in [9.17, 15) is 0 Å². The van der Waals surface area contributed by atoms with Crippen molar-refractivity contribution in [2.75, 3.05) is 4.90 Å². The quantitative estimate of drug-likeness (QED) is 0.156. The van der Waals surface area contributed by atoms with Gasteiger partial charge in [-0.25, -0.2) is 0 Å². The zero-order valence-corrected chi connectivity index (χ0v) is 35.7. The molecule has 4 heteroatoms. The van der Waals surface area contributed by atoms with Gasteiger partial charge in [0, 0.05) is 49.1 Å². The first kappa shape index (κ1) is 36.6. The maximum atomic E-state index is 7.04. The third-order valence-corrected chi connectivity index (χ3v) is 13.6. The Kier molecular flexibility index (Phi) is 7.95. The molecule has 0 unspecified atom stereocenters. The largest absolute Gasteiger partial charge is 0.456 e. The Labute approximate surface area is 379 Å². The van der Waals surface area contributed by atoms with E-state index in [1.807, 2.05) is 6.07 Å². The monoisotopic (exact) mass is 842 g/mol. The number of nitrogens with zero attached hydrogens (tertiary/aromatic N) is 2. The Morgan fingerprint density at radius 1 is 0.318 bits per heavy atom. The van der Waals surface area contributed by atoms with Crippen LogP contribution in [0, 0.1) is 0 Å². The number of hydrogen-bond donors (Lipinski definition) is 0. The molecule has 0 saturated carbocycles. The van der Waals surface area contributed by atoms with E-state index in [2.05, 4.69) is 234 Å². The van der Waals surface area contributed by atoms with Gasteiger partial charge in [0.25, 0.3) is 0 Å². The van der Waals surface area contributed by atoms with Crippen LogP contribution in [0.4, 0.5) is 17.1 Å². The minimum atomic E-state index is 0.841. The van der Waals surface area contributed by atoms with E-state index in [1.165, 1.54) is 38.0 Å². The molecule has 0 aliphatic carbocycles. The molecule has 0 saturated heterocycles. The van der Waals surface area contributed by atoms with Gasteiger partial charge in [0.15, 0.2) is 0 Å².